The molecule has 0 unspecified atom stereocenters. The van der Waals surface area contributed by atoms with Gasteiger partial charge >= 0.3 is 13.0 Å². The Bertz CT molecular complexity index is 949. The van der Waals surface area contributed by atoms with Crippen LogP contribution in [0.25, 0.3) is 0 Å². The number of carbonyl (C=O) groups excluding carboxylic acids is 1. The summed E-state index contributed by atoms with van der Waals surface area (Å²) in [6.07, 6.45) is 2.75. The zero-order valence-electron chi connectivity index (χ0n) is 17.7. The second-order valence-corrected chi connectivity index (χ2v) is 8.21. The lowest BCUT2D eigenvalue weighted by atomic mass is 9.79. The van der Waals surface area contributed by atoms with Gasteiger partial charge in [-0.15, -0.1) is 0 Å². The van der Waals surface area contributed by atoms with Crippen LogP contribution >= 0.6 is 0 Å². The van der Waals surface area contributed by atoms with Gasteiger partial charge in [0.2, 0.25) is 11.7 Å². The molecule has 1 aliphatic heterocycles. The quantitative estimate of drug-likeness (QED) is 0.719. The Balaban J connectivity index is 2.00. The van der Waals surface area contributed by atoms with E-state index in [0.29, 0.717) is 11.2 Å². The van der Waals surface area contributed by atoms with Gasteiger partial charge in [0.05, 0.1) is 11.2 Å². The molecule has 0 atom stereocenters. The normalized spacial score (nSPS) is 17.7. The largest absolute Gasteiger partial charge is 0.498 e. The third-order valence-electron chi connectivity index (χ3n) is 5.06. The lowest BCUT2D eigenvalue weighted by molar-refractivity contribution is -0.114. The Morgan fingerprint density at radius 3 is 2.33 bits per heavy atom. The summed E-state index contributed by atoms with van der Waals surface area (Å²) in [6.45, 7) is 9.75. The number of pyridine rings is 1. The predicted octanol–water partition coefficient (Wildman–Crippen LogP) is 2.98. The summed E-state index contributed by atoms with van der Waals surface area (Å²) in [5.41, 5.74) is -0.197. The van der Waals surface area contributed by atoms with Gasteiger partial charge in [0.25, 0.3) is 0 Å². The second-order valence-electron chi connectivity index (χ2n) is 8.21. The van der Waals surface area contributed by atoms with E-state index in [1.165, 1.54) is 25.4 Å². The van der Waals surface area contributed by atoms with Crippen LogP contribution in [0.2, 0.25) is 0 Å². The number of alkyl halides is 2. The Morgan fingerprint density at radius 1 is 1.13 bits per heavy atom. The highest BCUT2D eigenvalue weighted by Gasteiger charge is 2.52. The van der Waals surface area contributed by atoms with E-state index in [0.717, 1.165) is 6.92 Å². The maximum Gasteiger partial charge on any atom is 0.498 e. The average molecular weight is 419 g/mol. The van der Waals surface area contributed by atoms with E-state index >= 15 is 0 Å². The number of anilines is 3. The molecule has 11 heteroatoms. The molecule has 3 rings (SSSR count). The van der Waals surface area contributed by atoms with E-state index in [-0.39, 0.29) is 17.5 Å². The molecular weight excluding hydrogens is 395 g/mol. The van der Waals surface area contributed by atoms with Crippen molar-refractivity contribution in [1.82, 2.24) is 15.0 Å². The molecule has 0 bridgehead atoms. The SMILES string of the molecule is CC(=O)Nc1cc(Nc2ccnc(C(C)(F)F)n2)c(B2OC(C)(C)C(C)(C)O2)cn1. The lowest BCUT2D eigenvalue weighted by Crippen LogP contribution is -2.41. The number of hydrogen-bond donors (Lipinski definition) is 2. The van der Waals surface area contributed by atoms with Crippen LogP contribution in [0.15, 0.2) is 24.5 Å². The van der Waals surface area contributed by atoms with Crippen molar-refractivity contribution in [2.75, 3.05) is 10.6 Å². The highest BCUT2D eigenvalue weighted by molar-refractivity contribution is 6.64. The summed E-state index contributed by atoms with van der Waals surface area (Å²) in [4.78, 5) is 23.2. The van der Waals surface area contributed by atoms with E-state index in [2.05, 4.69) is 25.6 Å². The van der Waals surface area contributed by atoms with Crippen molar-refractivity contribution in [2.24, 2.45) is 0 Å². The first-order valence-electron chi connectivity index (χ1n) is 9.40. The molecule has 1 aliphatic rings. The minimum absolute atomic E-state index is 0.152. The second kappa shape index (κ2) is 7.55. The molecule has 1 fully saturated rings. The van der Waals surface area contributed by atoms with Crippen LogP contribution < -0.4 is 16.1 Å². The topological polar surface area (TPSA) is 98.3 Å². The Hall–Kier alpha value is -2.66. The maximum absolute atomic E-state index is 13.6. The fraction of sp³-hybridized carbons (Fsp3) is 0.474. The number of rotatable bonds is 5. The number of hydrogen-bond acceptors (Lipinski definition) is 7. The number of aromatic nitrogens is 3. The zero-order chi connectivity index (χ0) is 22.3. The zero-order valence-corrected chi connectivity index (χ0v) is 17.7. The third-order valence-corrected chi connectivity index (χ3v) is 5.06. The molecule has 0 spiro atoms. The molecular formula is C19H24BF2N5O3. The molecule has 8 nitrogen and oxygen atoms in total. The number of halogens is 2. The third kappa shape index (κ3) is 4.57. The first kappa shape index (κ1) is 22.0. The van der Waals surface area contributed by atoms with Gasteiger partial charge in [0.1, 0.15) is 11.6 Å². The summed E-state index contributed by atoms with van der Waals surface area (Å²) in [5.74, 6) is -3.67. The average Bonchev–Trinajstić information content (AvgIpc) is 2.81. The molecule has 2 N–H and O–H groups in total. The first-order chi connectivity index (χ1) is 13.8. The van der Waals surface area contributed by atoms with Gasteiger partial charge in [0.15, 0.2) is 0 Å². The minimum atomic E-state index is -3.19. The maximum atomic E-state index is 13.6. The predicted molar refractivity (Wildman–Crippen MR) is 109 cm³/mol. The van der Waals surface area contributed by atoms with Crippen molar-refractivity contribution in [3.8, 4) is 0 Å². The summed E-state index contributed by atoms with van der Waals surface area (Å²) >= 11 is 0. The van der Waals surface area contributed by atoms with E-state index in [9.17, 15) is 13.6 Å². The molecule has 30 heavy (non-hydrogen) atoms. The molecule has 160 valence electrons. The van der Waals surface area contributed by atoms with Crippen molar-refractivity contribution in [2.45, 2.75) is 58.7 Å². The van der Waals surface area contributed by atoms with Gasteiger partial charge in [-0.05, 0) is 33.8 Å². The number of carbonyl (C=O) groups is 1. The van der Waals surface area contributed by atoms with E-state index in [1.807, 2.05) is 27.7 Å². The number of nitrogens with zero attached hydrogens (tertiary/aromatic N) is 3. The van der Waals surface area contributed by atoms with Gasteiger partial charge in [-0.1, -0.05) is 0 Å². The minimum Gasteiger partial charge on any atom is -0.399 e. The summed E-state index contributed by atoms with van der Waals surface area (Å²) in [5, 5.41) is 5.59. The van der Waals surface area contributed by atoms with Crippen LogP contribution in [0.5, 0.6) is 0 Å². The van der Waals surface area contributed by atoms with Gasteiger partial charge in [-0.3, -0.25) is 4.79 Å². The van der Waals surface area contributed by atoms with Crippen LogP contribution in [-0.4, -0.2) is 39.2 Å². The number of nitrogens with one attached hydrogen (secondary N) is 2. The van der Waals surface area contributed by atoms with Crippen molar-refractivity contribution in [3.63, 3.8) is 0 Å². The van der Waals surface area contributed by atoms with Crippen molar-refractivity contribution in [1.29, 1.82) is 0 Å². The summed E-state index contributed by atoms with van der Waals surface area (Å²) < 4.78 is 39.4. The molecule has 1 saturated heterocycles. The van der Waals surface area contributed by atoms with Gasteiger partial charge in [-0.2, -0.15) is 8.78 Å². The van der Waals surface area contributed by atoms with Crippen molar-refractivity contribution < 1.29 is 22.9 Å². The Kier molecular flexibility index (Phi) is 5.55. The first-order valence-corrected chi connectivity index (χ1v) is 9.40. The van der Waals surface area contributed by atoms with Crippen LogP contribution in [0.1, 0.15) is 47.4 Å². The van der Waals surface area contributed by atoms with Crippen LogP contribution in [0, 0.1) is 0 Å². The fourth-order valence-electron chi connectivity index (χ4n) is 2.76. The molecule has 0 aliphatic carbocycles. The molecule has 3 heterocycles. The van der Waals surface area contributed by atoms with E-state index in [4.69, 9.17) is 9.31 Å². The van der Waals surface area contributed by atoms with Gasteiger partial charge in [0, 0.05) is 43.5 Å². The lowest BCUT2D eigenvalue weighted by Gasteiger charge is -2.32. The molecule has 0 aromatic carbocycles. The van der Waals surface area contributed by atoms with Gasteiger partial charge < -0.3 is 19.9 Å². The molecule has 2 aromatic rings. The van der Waals surface area contributed by atoms with Crippen molar-refractivity contribution in [3.05, 3.63) is 30.4 Å². The molecule has 2 aromatic heterocycles. The smallest absolute Gasteiger partial charge is 0.399 e. The van der Waals surface area contributed by atoms with Crippen molar-refractivity contribution >= 4 is 35.8 Å². The van der Waals surface area contributed by atoms with Gasteiger partial charge in [-0.25, -0.2) is 15.0 Å². The molecule has 1 amide bonds. The Morgan fingerprint density at radius 2 is 1.77 bits per heavy atom. The number of amides is 1. The summed E-state index contributed by atoms with van der Waals surface area (Å²) in [6, 6.07) is 3.02. The monoisotopic (exact) mass is 419 g/mol. The van der Waals surface area contributed by atoms with Crippen LogP contribution in [0.3, 0.4) is 0 Å². The molecule has 0 saturated carbocycles. The van der Waals surface area contributed by atoms with Crippen LogP contribution in [-0.2, 0) is 20.0 Å². The van der Waals surface area contributed by atoms with E-state index in [1.54, 1.807) is 6.07 Å². The fourth-order valence-corrected chi connectivity index (χ4v) is 2.76. The molecule has 0 radical (unpaired) electrons. The van der Waals surface area contributed by atoms with E-state index < -0.39 is 30.1 Å². The highest BCUT2D eigenvalue weighted by atomic mass is 19.3. The standard InChI is InChI=1S/C19H24BF2N5O3/c1-11(28)25-15-9-13(26-14-7-8-23-16(27-14)19(6,21)22)12(10-24-15)20-29-17(2,3)18(4,5)30-20/h7-10H,1-6H3,(H2,23,24,25,26,27,28). The Labute approximate surface area is 174 Å². The highest BCUT2D eigenvalue weighted by Crippen LogP contribution is 2.37. The summed E-state index contributed by atoms with van der Waals surface area (Å²) in [7, 11) is -0.759. The van der Waals surface area contributed by atoms with Crippen LogP contribution in [0.4, 0.5) is 26.1 Å².